The van der Waals surface area contributed by atoms with Crippen LogP contribution in [0.2, 0.25) is 0 Å². The Bertz CT molecular complexity index is 407. The second-order valence-electron chi connectivity index (χ2n) is 3.37. The predicted molar refractivity (Wildman–Crippen MR) is 60.9 cm³/mol. The number of rotatable bonds is 2. The summed E-state index contributed by atoms with van der Waals surface area (Å²) < 4.78 is 0. The highest BCUT2D eigenvalue weighted by molar-refractivity contribution is 5.67. The Morgan fingerprint density at radius 1 is 1.00 bits per heavy atom. The Morgan fingerprint density at radius 3 is 2.43 bits per heavy atom. The largest absolute Gasteiger partial charge is 0.362 e. The van der Waals surface area contributed by atoms with Crippen molar-refractivity contribution in [2.24, 2.45) is 0 Å². The summed E-state index contributed by atoms with van der Waals surface area (Å²) in [5.41, 5.74) is 3.65. The van der Waals surface area contributed by atoms with E-state index in [9.17, 15) is 0 Å². The van der Waals surface area contributed by atoms with Crippen molar-refractivity contribution in [3.63, 3.8) is 0 Å². The van der Waals surface area contributed by atoms with Crippen molar-refractivity contribution in [3.05, 3.63) is 59.4 Å². The number of hydrogen-bond acceptors (Lipinski definition) is 0. The number of benzene rings is 1. The standard InChI is InChI=1S/C13H13N/c1-11-4-6-12(7-5-11)8-9-13-3-2-10-14-13/h2-10,14H,1H3/b9-8+. The maximum Gasteiger partial charge on any atom is 0.0380 e. The summed E-state index contributed by atoms with van der Waals surface area (Å²) in [5, 5.41) is 0. The molecule has 2 aromatic rings. The lowest BCUT2D eigenvalue weighted by Crippen LogP contribution is -1.73. The van der Waals surface area contributed by atoms with Crippen molar-refractivity contribution < 1.29 is 0 Å². The lowest BCUT2D eigenvalue weighted by atomic mass is 10.1. The molecule has 0 aliphatic carbocycles. The fourth-order valence-electron chi connectivity index (χ4n) is 1.31. The van der Waals surface area contributed by atoms with Crippen LogP contribution in [0.4, 0.5) is 0 Å². The van der Waals surface area contributed by atoms with Crippen LogP contribution < -0.4 is 0 Å². The number of aryl methyl sites for hydroxylation is 1. The van der Waals surface area contributed by atoms with Crippen LogP contribution in [0.15, 0.2) is 42.6 Å². The summed E-state index contributed by atoms with van der Waals surface area (Å²) in [4.78, 5) is 3.13. The van der Waals surface area contributed by atoms with E-state index < -0.39 is 0 Å². The van der Waals surface area contributed by atoms with Crippen LogP contribution in [0.1, 0.15) is 16.8 Å². The van der Waals surface area contributed by atoms with Crippen molar-refractivity contribution in [1.82, 2.24) is 4.98 Å². The molecule has 0 aliphatic heterocycles. The SMILES string of the molecule is Cc1ccc(/C=C/c2ccc[nH]2)cc1. The quantitative estimate of drug-likeness (QED) is 0.733. The molecule has 70 valence electrons. The molecule has 0 atom stereocenters. The highest BCUT2D eigenvalue weighted by Gasteiger charge is 1.87. The van der Waals surface area contributed by atoms with Gasteiger partial charge in [-0.05, 0) is 30.7 Å². The first-order chi connectivity index (χ1) is 6.84. The van der Waals surface area contributed by atoms with E-state index in [4.69, 9.17) is 0 Å². The van der Waals surface area contributed by atoms with Crippen molar-refractivity contribution >= 4 is 12.2 Å². The molecule has 1 N–H and O–H groups in total. The monoisotopic (exact) mass is 183 g/mol. The Kier molecular flexibility index (Phi) is 2.50. The summed E-state index contributed by atoms with van der Waals surface area (Å²) in [6.07, 6.45) is 6.10. The number of H-pyrrole nitrogens is 1. The van der Waals surface area contributed by atoms with Gasteiger partial charge >= 0.3 is 0 Å². The minimum absolute atomic E-state index is 1.13. The average Bonchev–Trinajstić information content (AvgIpc) is 2.70. The topological polar surface area (TPSA) is 15.8 Å². The van der Waals surface area contributed by atoms with Gasteiger partial charge in [0.1, 0.15) is 0 Å². The van der Waals surface area contributed by atoms with Gasteiger partial charge in [-0.15, -0.1) is 0 Å². The smallest absolute Gasteiger partial charge is 0.0380 e. The average molecular weight is 183 g/mol. The van der Waals surface area contributed by atoms with Gasteiger partial charge in [-0.2, -0.15) is 0 Å². The first-order valence-corrected chi connectivity index (χ1v) is 4.73. The maximum atomic E-state index is 3.13. The number of hydrogen-bond donors (Lipinski definition) is 1. The van der Waals surface area contributed by atoms with Gasteiger partial charge in [-0.25, -0.2) is 0 Å². The molecular formula is C13H13N. The van der Waals surface area contributed by atoms with Gasteiger partial charge < -0.3 is 4.98 Å². The zero-order valence-corrected chi connectivity index (χ0v) is 8.20. The predicted octanol–water partition coefficient (Wildman–Crippen LogP) is 3.49. The van der Waals surface area contributed by atoms with E-state index >= 15 is 0 Å². The zero-order valence-electron chi connectivity index (χ0n) is 8.20. The van der Waals surface area contributed by atoms with Crippen molar-refractivity contribution in [2.75, 3.05) is 0 Å². The Labute approximate surface area is 84.1 Å². The second-order valence-corrected chi connectivity index (χ2v) is 3.37. The van der Waals surface area contributed by atoms with Gasteiger partial charge in [-0.1, -0.05) is 35.9 Å². The lowest BCUT2D eigenvalue weighted by molar-refractivity contribution is 1.38. The van der Waals surface area contributed by atoms with Gasteiger partial charge in [0.15, 0.2) is 0 Å². The number of aromatic nitrogens is 1. The molecule has 14 heavy (non-hydrogen) atoms. The highest BCUT2D eigenvalue weighted by Crippen LogP contribution is 2.07. The molecule has 2 rings (SSSR count). The molecule has 0 radical (unpaired) electrons. The van der Waals surface area contributed by atoms with E-state index in [0.29, 0.717) is 0 Å². The third kappa shape index (κ3) is 2.13. The molecular weight excluding hydrogens is 170 g/mol. The van der Waals surface area contributed by atoms with E-state index in [0.717, 1.165) is 5.69 Å². The molecule has 1 aromatic carbocycles. The Balaban J connectivity index is 2.15. The molecule has 0 unspecified atom stereocenters. The van der Waals surface area contributed by atoms with E-state index in [2.05, 4.69) is 48.3 Å². The van der Waals surface area contributed by atoms with E-state index in [1.807, 2.05) is 18.3 Å². The third-order valence-electron chi connectivity index (χ3n) is 2.15. The molecule has 1 aromatic heterocycles. The summed E-state index contributed by atoms with van der Waals surface area (Å²) >= 11 is 0. The minimum Gasteiger partial charge on any atom is -0.362 e. The first-order valence-electron chi connectivity index (χ1n) is 4.73. The van der Waals surface area contributed by atoms with E-state index in [1.54, 1.807) is 0 Å². The third-order valence-corrected chi connectivity index (χ3v) is 2.15. The molecule has 1 heteroatoms. The van der Waals surface area contributed by atoms with Crippen LogP contribution in [0.3, 0.4) is 0 Å². The van der Waals surface area contributed by atoms with Crippen LogP contribution in [-0.2, 0) is 0 Å². The Hall–Kier alpha value is -1.76. The fraction of sp³-hybridized carbons (Fsp3) is 0.0769. The van der Waals surface area contributed by atoms with Crippen LogP contribution in [0.25, 0.3) is 12.2 Å². The number of nitrogens with one attached hydrogen (secondary N) is 1. The van der Waals surface area contributed by atoms with Gasteiger partial charge in [0.05, 0.1) is 0 Å². The molecule has 0 saturated carbocycles. The summed E-state index contributed by atoms with van der Waals surface area (Å²) in [6, 6.07) is 12.5. The normalized spacial score (nSPS) is 10.9. The lowest BCUT2D eigenvalue weighted by Gasteiger charge is -1.93. The summed E-state index contributed by atoms with van der Waals surface area (Å²) in [5.74, 6) is 0. The van der Waals surface area contributed by atoms with Gasteiger partial charge in [-0.3, -0.25) is 0 Å². The van der Waals surface area contributed by atoms with Crippen LogP contribution in [-0.4, -0.2) is 4.98 Å². The second kappa shape index (κ2) is 3.97. The Morgan fingerprint density at radius 2 is 1.79 bits per heavy atom. The molecule has 0 fully saturated rings. The first kappa shape index (κ1) is 8.82. The summed E-state index contributed by atoms with van der Waals surface area (Å²) in [7, 11) is 0. The van der Waals surface area contributed by atoms with Crippen molar-refractivity contribution in [3.8, 4) is 0 Å². The fourth-order valence-corrected chi connectivity index (χ4v) is 1.31. The molecule has 1 heterocycles. The van der Waals surface area contributed by atoms with Gasteiger partial charge in [0.2, 0.25) is 0 Å². The van der Waals surface area contributed by atoms with Crippen molar-refractivity contribution in [1.29, 1.82) is 0 Å². The molecule has 0 amide bonds. The molecule has 0 spiro atoms. The van der Waals surface area contributed by atoms with E-state index in [-0.39, 0.29) is 0 Å². The van der Waals surface area contributed by atoms with Crippen molar-refractivity contribution in [2.45, 2.75) is 6.92 Å². The highest BCUT2D eigenvalue weighted by atomic mass is 14.7. The minimum atomic E-state index is 1.13. The van der Waals surface area contributed by atoms with Gasteiger partial charge in [0.25, 0.3) is 0 Å². The molecule has 0 aliphatic rings. The molecule has 0 saturated heterocycles. The zero-order chi connectivity index (χ0) is 9.80. The maximum absolute atomic E-state index is 3.13. The van der Waals surface area contributed by atoms with Crippen LogP contribution >= 0.6 is 0 Å². The molecule has 0 bridgehead atoms. The summed E-state index contributed by atoms with van der Waals surface area (Å²) in [6.45, 7) is 2.10. The van der Waals surface area contributed by atoms with E-state index in [1.165, 1.54) is 11.1 Å². The van der Waals surface area contributed by atoms with Gasteiger partial charge in [0, 0.05) is 11.9 Å². The number of aromatic amines is 1. The molecule has 1 nitrogen and oxygen atoms in total. The van der Waals surface area contributed by atoms with Crippen LogP contribution in [0.5, 0.6) is 0 Å². The van der Waals surface area contributed by atoms with Crippen LogP contribution in [0, 0.1) is 6.92 Å².